The fourth-order valence-corrected chi connectivity index (χ4v) is 3.27. The molecule has 0 aliphatic rings. The Hall–Kier alpha value is -2.06. The molecule has 3 aromatic rings. The van der Waals surface area contributed by atoms with E-state index in [1.807, 2.05) is 16.8 Å². The molecule has 3 rings (SSSR count). The minimum Gasteiger partial charge on any atom is -0.361 e. The highest BCUT2D eigenvalue weighted by atomic mass is 32.1. The number of rotatable bonds is 6. The highest BCUT2D eigenvalue weighted by molar-refractivity contribution is 7.09. The van der Waals surface area contributed by atoms with Crippen molar-refractivity contribution in [1.82, 2.24) is 19.9 Å². The number of nitrogens with zero attached hydrogens (tertiary/aromatic N) is 4. The van der Waals surface area contributed by atoms with E-state index in [4.69, 9.17) is 0 Å². The van der Waals surface area contributed by atoms with Crippen LogP contribution in [0.2, 0.25) is 0 Å². The zero-order chi connectivity index (χ0) is 15.4. The van der Waals surface area contributed by atoms with Crippen LogP contribution in [0.5, 0.6) is 0 Å². The molecule has 2 atom stereocenters. The molecule has 0 bridgehead atoms. The Morgan fingerprint density at radius 1 is 0.818 bits per heavy atom. The second-order valence-electron chi connectivity index (χ2n) is 4.76. The number of hydrogen-bond donors (Lipinski definition) is 2. The van der Waals surface area contributed by atoms with Crippen LogP contribution in [0, 0.1) is 0 Å². The molecule has 0 aliphatic carbocycles. The van der Waals surface area contributed by atoms with Gasteiger partial charge in [-0.1, -0.05) is 0 Å². The second kappa shape index (κ2) is 6.80. The van der Waals surface area contributed by atoms with Gasteiger partial charge in [0, 0.05) is 29.2 Å². The molecule has 0 amide bonds. The first-order valence-corrected chi connectivity index (χ1v) is 8.62. The lowest BCUT2D eigenvalue weighted by atomic mass is 10.3. The summed E-state index contributed by atoms with van der Waals surface area (Å²) in [6.45, 7) is 4.12. The molecule has 22 heavy (non-hydrogen) atoms. The average Bonchev–Trinajstić information content (AvgIpc) is 3.21. The molecule has 114 valence electrons. The zero-order valence-corrected chi connectivity index (χ0v) is 13.9. The van der Waals surface area contributed by atoms with E-state index in [9.17, 15) is 0 Å². The van der Waals surface area contributed by atoms with Gasteiger partial charge in [-0.3, -0.25) is 0 Å². The van der Waals surface area contributed by atoms with Crippen LogP contribution in [-0.4, -0.2) is 19.9 Å². The van der Waals surface area contributed by atoms with Crippen LogP contribution in [0.3, 0.4) is 0 Å². The van der Waals surface area contributed by atoms with Crippen molar-refractivity contribution in [3.05, 3.63) is 45.6 Å². The van der Waals surface area contributed by atoms with E-state index in [0.717, 1.165) is 21.7 Å². The third-order valence-corrected chi connectivity index (χ3v) is 4.96. The molecule has 0 saturated heterocycles. The summed E-state index contributed by atoms with van der Waals surface area (Å²) in [6.07, 6.45) is 5.16. The molecule has 2 N–H and O–H groups in total. The third-order valence-electron chi connectivity index (χ3n) is 3.04. The summed E-state index contributed by atoms with van der Waals surface area (Å²) in [7, 11) is 0. The fourth-order valence-electron chi connectivity index (χ4n) is 1.98. The Morgan fingerprint density at radius 2 is 1.32 bits per heavy atom. The van der Waals surface area contributed by atoms with Gasteiger partial charge in [-0.15, -0.1) is 22.7 Å². The summed E-state index contributed by atoms with van der Waals surface area (Å²) < 4.78 is 0. The van der Waals surface area contributed by atoms with Gasteiger partial charge in [-0.25, -0.2) is 19.9 Å². The van der Waals surface area contributed by atoms with Crippen molar-refractivity contribution in [2.75, 3.05) is 10.6 Å². The van der Waals surface area contributed by atoms with Crippen LogP contribution in [0.4, 0.5) is 11.6 Å². The lowest BCUT2D eigenvalue weighted by Crippen LogP contribution is -2.10. The van der Waals surface area contributed by atoms with Crippen LogP contribution >= 0.6 is 22.7 Å². The molecular weight excluding hydrogens is 316 g/mol. The Balaban J connectivity index is 1.67. The molecule has 0 spiro atoms. The lowest BCUT2D eigenvalue weighted by Gasteiger charge is -2.14. The molecule has 0 unspecified atom stereocenters. The van der Waals surface area contributed by atoms with Gasteiger partial charge in [-0.05, 0) is 13.8 Å². The van der Waals surface area contributed by atoms with Gasteiger partial charge in [0.2, 0.25) is 0 Å². The van der Waals surface area contributed by atoms with E-state index in [0.29, 0.717) is 0 Å². The molecule has 0 saturated carbocycles. The summed E-state index contributed by atoms with van der Waals surface area (Å²) in [6, 6.07) is 2.12. The van der Waals surface area contributed by atoms with Crippen LogP contribution in [0.1, 0.15) is 35.9 Å². The van der Waals surface area contributed by atoms with E-state index in [1.54, 1.807) is 41.4 Å². The maximum Gasteiger partial charge on any atom is 0.132 e. The van der Waals surface area contributed by atoms with Gasteiger partial charge < -0.3 is 10.6 Å². The predicted molar refractivity (Wildman–Crippen MR) is 90.3 cm³/mol. The van der Waals surface area contributed by atoms with Crippen molar-refractivity contribution in [1.29, 1.82) is 0 Å². The minimum absolute atomic E-state index is 0.110. The Bertz CT molecular complexity index is 640. The molecule has 0 radical (unpaired) electrons. The summed E-state index contributed by atoms with van der Waals surface area (Å²) in [5.74, 6) is 1.54. The molecule has 0 aromatic carbocycles. The first-order valence-electron chi connectivity index (χ1n) is 6.86. The van der Waals surface area contributed by atoms with Crippen LogP contribution in [-0.2, 0) is 0 Å². The van der Waals surface area contributed by atoms with Crippen LogP contribution < -0.4 is 10.6 Å². The minimum atomic E-state index is 0.110. The standard InChI is InChI=1S/C14H16N6S2/c1-9(13-15-3-5-21-13)19-11-7-12(18-8-17-11)20-10(2)14-16-4-6-22-14/h3-10H,1-2H3,(H2,17,18,19,20)/t9-,10-/m0/s1. The van der Waals surface area contributed by atoms with Crippen molar-refractivity contribution in [2.45, 2.75) is 25.9 Å². The Kier molecular flexibility index (Phi) is 4.59. The van der Waals surface area contributed by atoms with Gasteiger partial charge in [-0.2, -0.15) is 0 Å². The summed E-state index contributed by atoms with van der Waals surface area (Å²) >= 11 is 3.25. The van der Waals surface area contributed by atoms with Crippen molar-refractivity contribution in [2.24, 2.45) is 0 Å². The number of hydrogen-bond acceptors (Lipinski definition) is 8. The van der Waals surface area contributed by atoms with Gasteiger partial charge in [0.05, 0.1) is 12.1 Å². The molecule has 0 fully saturated rings. The quantitative estimate of drug-likeness (QED) is 0.716. The Morgan fingerprint density at radius 3 is 1.73 bits per heavy atom. The molecule has 0 aliphatic heterocycles. The Labute approximate surface area is 136 Å². The number of nitrogens with one attached hydrogen (secondary N) is 2. The van der Waals surface area contributed by atoms with Gasteiger partial charge >= 0.3 is 0 Å². The SMILES string of the molecule is C[C@H](Nc1cc(N[C@@H](C)c2nccs2)ncn1)c1nccs1. The second-order valence-corrected chi connectivity index (χ2v) is 6.61. The predicted octanol–water partition coefficient (Wildman–Crippen LogP) is 3.74. The zero-order valence-electron chi connectivity index (χ0n) is 12.2. The number of anilines is 2. The normalized spacial score (nSPS) is 13.5. The van der Waals surface area contributed by atoms with E-state index >= 15 is 0 Å². The molecule has 3 aromatic heterocycles. The van der Waals surface area contributed by atoms with E-state index < -0.39 is 0 Å². The topological polar surface area (TPSA) is 75.6 Å². The van der Waals surface area contributed by atoms with Crippen molar-refractivity contribution in [3.63, 3.8) is 0 Å². The maximum atomic E-state index is 4.31. The average molecular weight is 332 g/mol. The third kappa shape index (κ3) is 3.58. The van der Waals surface area contributed by atoms with E-state index in [2.05, 4.69) is 44.4 Å². The first-order chi connectivity index (χ1) is 10.7. The van der Waals surface area contributed by atoms with Crippen LogP contribution in [0.25, 0.3) is 0 Å². The highest BCUT2D eigenvalue weighted by Crippen LogP contribution is 2.23. The fraction of sp³-hybridized carbons (Fsp3) is 0.286. The van der Waals surface area contributed by atoms with Crippen molar-refractivity contribution < 1.29 is 0 Å². The monoisotopic (exact) mass is 332 g/mol. The van der Waals surface area contributed by atoms with Gasteiger partial charge in [0.15, 0.2) is 0 Å². The summed E-state index contributed by atoms with van der Waals surface area (Å²) in [5, 5.41) is 12.7. The van der Waals surface area contributed by atoms with Gasteiger partial charge in [0.25, 0.3) is 0 Å². The van der Waals surface area contributed by atoms with E-state index in [-0.39, 0.29) is 12.1 Å². The molecule has 8 heteroatoms. The lowest BCUT2D eigenvalue weighted by molar-refractivity contribution is 0.847. The first kappa shape index (κ1) is 14.9. The van der Waals surface area contributed by atoms with E-state index in [1.165, 1.54) is 0 Å². The number of aromatic nitrogens is 4. The maximum absolute atomic E-state index is 4.31. The summed E-state index contributed by atoms with van der Waals surface area (Å²) in [4.78, 5) is 17.1. The van der Waals surface area contributed by atoms with Crippen LogP contribution in [0.15, 0.2) is 35.5 Å². The molecular formula is C14H16N6S2. The molecule has 6 nitrogen and oxygen atoms in total. The van der Waals surface area contributed by atoms with Crippen molar-refractivity contribution in [3.8, 4) is 0 Å². The molecule has 3 heterocycles. The smallest absolute Gasteiger partial charge is 0.132 e. The van der Waals surface area contributed by atoms with Gasteiger partial charge in [0.1, 0.15) is 28.0 Å². The highest BCUT2D eigenvalue weighted by Gasteiger charge is 2.11. The van der Waals surface area contributed by atoms with Crippen molar-refractivity contribution >= 4 is 34.3 Å². The summed E-state index contributed by atoms with van der Waals surface area (Å²) in [5.41, 5.74) is 0. The number of thiazole rings is 2. The largest absolute Gasteiger partial charge is 0.361 e.